The van der Waals surface area contributed by atoms with Gasteiger partial charge in [0.15, 0.2) is 11.5 Å². The minimum Gasteiger partial charge on any atom is -0.454 e. The Balaban J connectivity index is 1.40. The Morgan fingerprint density at radius 1 is 1.16 bits per heavy atom. The molecule has 0 radical (unpaired) electrons. The van der Waals surface area contributed by atoms with Crippen molar-refractivity contribution in [3.63, 3.8) is 0 Å². The molecule has 1 atom stereocenters. The molecular formula is C20H25NO4. The summed E-state index contributed by atoms with van der Waals surface area (Å²) in [4.78, 5) is 2.11. The van der Waals surface area contributed by atoms with Gasteiger partial charge in [0.05, 0.1) is 19.3 Å². The van der Waals surface area contributed by atoms with Crippen LogP contribution in [0, 0.1) is 6.92 Å². The number of rotatable bonds is 8. The molecule has 0 saturated heterocycles. The van der Waals surface area contributed by atoms with E-state index in [0.717, 1.165) is 23.6 Å². The van der Waals surface area contributed by atoms with Crippen LogP contribution in [0.25, 0.3) is 0 Å². The number of likely N-dealkylation sites (N-methyl/N-ethyl adjacent to an activating group) is 1. The maximum atomic E-state index is 10.2. The second-order valence-electron chi connectivity index (χ2n) is 6.48. The lowest BCUT2D eigenvalue weighted by Gasteiger charge is -2.21. The van der Waals surface area contributed by atoms with Crippen molar-refractivity contribution >= 4 is 0 Å². The van der Waals surface area contributed by atoms with E-state index in [-0.39, 0.29) is 6.79 Å². The first kappa shape index (κ1) is 17.7. The molecular weight excluding hydrogens is 318 g/mol. The lowest BCUT2D eigenvalue weighted by Crippen LogP contribution is -2.32. The Morgan fingerprint density at radius 3 is 2.80 bits per heavy atom. The fourth-order valence-corrected chi connectivity index (χ4v) is 2.90. The molecule has 0 unspecified atom stereocenters. The summed E-state index contributed by atoms with van der Waals surface area (Å²) in [6, 6.07) is 14.1. The third-order valence-electron chi connectivity index (χ3n) is 4.24. The van der Waals surface area contributed by atoms with E-state index in [0.29, 0.717) is 19.8 Å². The van der Waals surface area contributed by atoms with E-state index in [1.54, 1.807) is 0 Å². The third-order valence-corrected chi connectivity index (χ3v) is 4.24. The van der Waals surface area contributed by atoms with Crippen LogP contribution in [0.5, 0.6) is 11.5 Å². The van der Waals surface area contributed by atoms with Crippen LogP contribution in [0.15, 0.2) is 42.5 Å². The van der Waals surface area contributed by atoms with Crippen molar-refractivity contribution in [3.8, 4) is 11.5 Å². The largest absolute Gasteiger partial charge is 0.454 e. The summed E-state index contributed by atoms with van der Waals surface area (Å²) in [7, 11) is 2.01. The number of aryl methyl sites for hydroxylation is 1. The third kappa shape index (κ3) is 4.95. The molecule has 134 valence electrons. The van der Waals surface area contributed by atoms with E-state index >= 15 is 0 Å². The summed E-state index contributed by atoms with van der Waals surface area (Å²) in [5, 5.41) is 10.2. The molecule has 2 aromatic rings. The molecule has 0 amide bonds. The van der Waals surface area contributed by atoms with Gasteiger partial charge in [-0.05, 0) is 42.8 Å². The summed E-state index contributed by atoms with van der Waals surface area (Å²) < 4.78 is 16.3. The molecule has 0 fully saturated rings. The van der Waals surface area contributed by atoms with Crippen LogP contribution in [0.3, 0.4) is 0 Å². The number of benzene rings is 2. The highest BCUT2D eigenvalue weighted by atomic mass is 16.7. The molecule has 1 aliphatic heterocycles. The lowest BCUT2D eigenvalue weighted by atomic mass is 10.1. The first-order chi connectivity index (χ1) is 12.1. The van der Waals surface area contributed by atoms with E-state index in [1.165, 1.54) is 11.1 Å². The van der Waals surface area contributed by atoms with Crippen molar-refractivity contribution in [2.75, 3.05) is 27.0 Å². The number of nitrogens with zero attached hydrogens (tertiary/aromatic N) is 1. The highest BCUT2D eigenvalue weighted by Gasteiger charge is 2.14. The molecule has 0 bridgehead atoms. The van der Waals surface area contributed by atoms with E-state index < -0.39 is 6.10 Å². The number of hydrogen-bond acceptors (Lipinski definition) is 5. The second kappa shape index (κ2) is 8.34. The van der Waals surface area contributed by atoms with Crippen LogP contribution in [-0.2, 0) is 17.9 Å². The number of aliphatic hydroxyl groups is 1. The van der Waals surface area contributed by atoms with Gasteiger partial charge in [-0.1, -0.05) is 30.3 Å². The van der Waals surface area contributed by atoms with E-state index in [9.17, 15) is 5.11 Å². The molecule has 0 aliphatic carbocycles. The van der Waals surface area contributed by atoms with Gasteiger partial charge in [-0.25, -0.2) is 0 Å². The summed E-state index contributed by atoms with van der Waals surface area (Å²) in [6.07, 6.45) is -0.525. The quantitative estimate of drug-likeness (QED) is 0.799. The minimum atomic E-state index is -0.525. The molecule has 1 heterocycles. The van der Waals surface area contributed by atoms with E-state index in [2.05, 4.69) is 24.0 Å². The smallest absolute Gasteiger partial charge is 0.231 e. The Morgan fingerprint density at radius 2 is 1.96 bits per heavy atom. The van der Waals surface area contributed by atoms with Crippen LogP contribution in [-0.4, -0.2) is 43.1 Å². The van der Waals surface area contributed by atoms with Crippen molar-refractivity contribution in [2.45, 2.75) is 26.2 Å². The van der Waals surface area contributed by atoms with Crippen molar-refractivity contribution < 1.29 is 19.3 Å². The molecule has 1 N–H and O–H groups in total. The van der Waals surface area contributed by atoms with Gasteiger partial charge >= 0.3 is 0 Å². The van der Waals surface area contributed by atoms with Gasteiger partial charge in [0.25, 0.3) is 0 Å². The van der Waals surface area contributed by atoms with Crippen LogP contribution in [0.2, 0.25) is 0 Å². The molecule has 2 aromatic carbocycles. The topological polar surface area (TPSA) is 51.2 Å². The molecule has 25 heavy (non-hydrogen) atoms. The monoisotopic (exact) mass is 343 g/mol. The maximum absolute atomic E-state index is 10.2. The Kier molecular flexibility index (Phi) is 5.91. The maximum Gasteiger partial charge on any atom is 0.231 e. The minimum absolute atomic E-state index is 0.269. The van der Waals surface area contributed by atoms with Crippen LogP contribution in [0.4, 0.5) is 0 Å². The first-order valence-corrected chi connectivity index (χ1v) is 8.49. The zero-order valence-electron chi connectivity index (χ0n) is 14.8. The van der Waals surface area contributed by atoms with Gasteiger partial charge in [0.2, 0.25) is 6.79 Å². The van der Waals surface area contributed by atoms with Gasteiger partial charge in [-0.3, -0.25) is 4.90 Å². The van der Waals surface area contributed by atoms with Gasteiger partial charge in [-0.15, -0.1) is 0 Å². The Bertz CT molecular complexity index is 704. The lowest BCUT2D eigenvalue weighted by molar-refractivity contribution is 0.0126. The predicted molar refractivity (Wildman–Crippen MR) is 95.7 cm³/mol. The van der Waals surface area contributed by atoms with Gasteiger partial charge in [-0.2, -0.15) is 0 Å². The van der Waals surface area contributed by atoms with Crippen LogP contribution in [0.1, 0.15) is 16.7 Å². The Labute approximate surface area is 148 Å². The van der Waals surface area contributed by atoms with Crippen molar-refractivity contribution in [2.24, 2.45) is 0 Å². The molecule has 0 aromatic heterocycles. The standard InChI is InChI=1S/C20H25NO4/c1-15-5-3-4-6-17(15)10-21(2)11-18(22)13-23-12-16-7-8-19-20(9-16)25-14-24-19/h3-9,18,22H,10-14H2,1-2H3/t18-/m1/s1. The zero-order valence-corrected chi connectivity index (χ0v) is 14.8. The highest BCUT2D eigenvalue weighted by Crippen LogP contribution is 2.32. The average Bonchev–Trinajstić information content (AvgIpc) is 3.04. The normalized spacial score (nSPS) is 14.1. The average molecular weight is 343 g/mol. The number of aliphatic hydroxyl groups excluding tert-OH is 1. The van der Waals surface area contributed by atoms with Gasteiger partial charge in [0, 0.05) is 13.1 Å². The second-order valence-corrected chi connectivity index (χ2v) is 6.48. The SMILES string of the molecule is Cc1ccccc1CN(C)C[C@@H](O)COCc1ccc2c(c1)OCO2. The molecule has 1 aliphatic rings. The molecule has 3 rings (SSSR count). The summed E-state index contributed by atoms with van der Waals surface area (Å²) >= 11 is 0. The molecule has 5 heteroatoms. The fourth-order valence-electron chi connectivity index (χ4n) is 2.90. The first-order valence-electron chi connectivity index (χ1n) is 8.49. The molecule has 0 spiro atoms. The van der Waals surface area contributed by atoms with E-state index in [4.69, 9.17) is 14.2 Å². The fraction of sp³-hybridized carbons (Fsp3) is 0.400. The summed E-state index contributed by atoms with van der Waals surface area (Å²) in [5.74, 6) is 1.52. The summed E-state index contributed by atoms with van der Waals surface area (Å²) in [6.45, 7) is 4.49. The summed E-state index contributed by atoms with van der Waals surface area (Å²) in [5.41, 5.74) is 3.55. The van der Waals surface area contributed by atoms with Crippen molar-refractivity contribution in [1.82, 2.24) is 4.90 Å². The van der Waals surface area contributed by atoms with Gasteiger partial charge in [0.1, 0.15) is 0 Å². The van der Waals surface area contributed by atoms with Crippen molar-refractivity contribution in [1.29, 1.82) is 0 Å². The number of hydrogen-bond donors (Lipinski definition) is 1. The number of fused-ring (bicyclic) bond motifs is 1. The Hall–Kier alpha value is -2.08. The molecule has 0 saturated carbocycles. The molecule has 5 nitrogen and oxygen atoms in total. The van der Waals surface area contributed by atoms with Crippen LogP contribution >= 0.6 is 0 Å². The van der Waals surface area contributed by atoms with E-state index in [1.807, 2.05) is 37.4 Å². The highest BCUT2D eigenvalue weighted by molar-refractivity contribution is 5.44. The predicted octanol–water partition coefficient (Wildman–Crippen LogP) is 2.73. The van der Waals surface area contributed by atoms with Crippen molar-refractivity contribution in [3.05, 3.63) is 59.2 Å². The number of ether oxygens (including phenoxy) is 3. The van der Waals surface area contributed by atoms with Crippen LogP contribution < -0.4 is 9.47 Å². The van der Waals surface area contributed by atoms with Gasteiger partial charge < -0.3 is 19.3 Å². The zero-order chi connectivity index (χ0) is 17.6.